The Morgan fingerprint density at radius 1 is 0.731 bits per heavy atom. The highest BCUT2D eigenvalue weighted by Gasteiger charge is 2.24. The predicted molar refractivity (Wildman–Crippen MR) is 101 cm³/mol. The van der Waals surface area contributed by atoms with Gasteiger partial charge >= 0.3 is 0 Å². The molecule has 4 heteroatoms. The monoisotopic (exact) mass is 348 g/mol. The number of methoxy groups -OCH3 is 2. The van der Waals surface area contributed by atoms with Gasteiger partial charge in [0.05, 0.1) is 25.0 Å². The first-order chi connectivity index (χ1) is 12.7. The van der Waals surface area contributed by atoms with Gasteiger partial charge in [-0.25, -0.2) is 4.39 Å². The second-order valence-corrected chi connectivity index (χ2v) is 6.15. The van der Waals surface area contributed by atoms with Crippen molar-refractivity contribution in [3.05, 3.63) is 66.5 Å². The quantitative estimate of drug-likeness (QED) is 0.397. The van der Waals surface area contributed by atoms with E-state index in [0.717, 1.165) is 44.4 Å². The average Bonchev–Trinajstić information content (AvgIpc) is 2.68. The van der Waals surface area contributed by atoms with E-state index in [1.165, 1.54) is 12.1 Å². The van der Waals surface area contributed by atoms with Gasteiger partial charge in [-0.1, -0.05) is 24.3 Å². The number of ether oxygens (including phenoxy) is 2. The number of fused-ring (bicyclic) bond motifs is 2. The van der Waals surface area contributed by atoms with Crippen LogP contribution in [0.15, 0.2) is 60.7 Å². The largest absolute Gasteiger partial charge is 0.496 e. The van der Waals surface area contributed by atoms with Crippen molar-refractivity contribution in [1.29, 1.82) is 0 Å². The Balaban J connectivity index is 2.30. The van der Waals surface area contributed by atoms with Crippen LogP contribution < -0.4 is 14.0 Å². The minimum Gasteiger partial charge on any atom is -0.496 e. The van der Waals surface area contributed by atoms with E-state index in [2.05, 4.69) is 16.7 Å². The second kappa shape index (κ2) is 6.30. The SMILES string of the molecule is COc1cccc2c1c(-c1ccc(F)cc1)c1c(OC)cccc1[n+]2C. The molecule has 0 atom stereocenters. The molecule has 0 saturated carbocycles. The highest BCUT2D eigenvalue weighted by molar-refractivity contribution is 6.11. The Hall–Kier alpha value is -3.14. The van der Waals surface area contributed by atoms with E-state index in [9.17, 15) is 4.39 Å². The summed E-state index contributed by atoms with van der Waals surface area (Å²) in [6.45, 7) is 0. The second-order valence-electron chi connectivity index (χ2n) is 6.15. The summed E-state index contributed by atoms with van der Waals surface area (Å²) in [5.74, 6) is 1.28. The molecular weight excluding hydrogens is 329 g/mol. The van der Waals surface area contributed by atoms with Crippen molar-refractivity contribution in [3.8, 4) is 22.6 Å². The maximum atomic E-state index is 13.5. The van der Waals surface area contributed by atoms with Crippen molar-refractivity contribution >= 4 is 21.8 Å². The van der Waals surface area contributed by atoms with E-state index in [1.54, 1.807) is 26.4 Å². The third kappa shape index (κ3) is 2.37. The molecule has 0 radical (unpaired) electrons. The number of nitrogens with zero attached hydrogens (tertiary/aromatic N) is 1. The minimum absolute atomic E-state index is 0.261. The van der Waals surface area contributed by atoms with Gasteiger partial charge < -0.3 is 9.47 Å². The number of hydrogen-bond acceptors (Lipinski definition) is 2. The van der Waals surface area contributed by atoms with Gasteiger partial charge in [0.15, 0.2) is 0 Å². The standard InChI is InChI=1S/C22H19FNO2/c1-24-16-6-4-8-18(25-2)21(16)20(14-10-12-15(23)13-11-14)22-17(24)7-5-9-19(22)26-3/h4-13H,1-3H3/q+1. The molecule has 130 valence electrons. The molecule has 0 N–H and O–H groups in total. The molecule has 0 aliphatic rings. The summed E-state index contributed by atoms with van der Waals surface area (Å²) in [7, 11) is 5.35. The Labute approximate surface area is 151 Å². The third-order valence-electron chi connectivity index (χ3n) is 4.80. The van der Waals surface area contributed by atoms with Gasteiger partial charge in [0.2, 0.25) is 11.0 Å². The fourth-order valence-corrected chi connectivity index (χ4v) is 3.60. The maximum absolute atomic E-state index is 13.5. The molecule has 3 nitrogen and oxygen atoms in total. The number of aromatic nitrogens is 1. The highest BCUT2D eigenvalue weighted by Crippen LogP contribution is 2.42. The van der Waals surface area contributed by atoms with E-state index in [0.29, 0.717) is 0 Å². The van der Waals surface area contributed by atoms with E-state index in [1.807, 2.05) is 31.3 Å². The average molecular weight is 348 g/mol. The number of pyridine rings is 1. The lowest BCUT2D eigenvalue weighted by Gasteiger charge is -2.15. The molecule has 3 aromatic carbocycles. The smallest absolute Gasteiger partial charge is 0.217 e. The number of halogens is 1. The van der Waals surface area contributed by atoms with Gasteiger partial charge in [-0.2, -0.15) is 4.57 Å². The van der Waals surface area contributed by atoms with Crippen molar-refractivity contribution in [2.24, 2.45) is 7.05 Å². The van der Waals surface area contributed by atoms with Crippen LogP contribution in [0.1, 0.15) is 0 Å². The van der Waals surface area contributed by atoms with E-state index < -0.39 is 0 Å². The first-order valence-electron chi connectivity index (χ1n) is 8.37. The zero-order valence-corrected chi connectivity index (χ0v) is 14.9. The molecule has 0 bridgehead atoms. The number of benzene rings is 3. The topological polar surface area (TPSA) is 22.3 Å². The van der Waals surface area contributed by atoms with Crippen molar-refractivity contribution in [1.82, 2.24) is 0 Å². The molecule has 26 heavy (non-hydrogen) atoms. The predicted octanol–water partition coefficient (Wildman–Crippen LogP) is 4.64. The van der Waals surface area contributed by atoms with Gasteiger partial charge in [0, 0.05) is 17.7 Å². The first kappa shape index (κ1) is 16.3. The Bertz CT molecular complexity index is 1060. The lowest BCUT2D eigenvalue weighted by Crippen LogP contribution is -2.30. The molecule has 0 aliphatic heterocycles. The molecule has 4 rings (SSSR count). The lowest BCUT2D eigenvalue weighted by molar-refractivity contribution is -0.617. The Morgan fingerprint density at radius 3 is 1.69 bits per heavy atom. The van der Waals surface area contributed by atoms with Crippen LogP contribution >= 0.6 is 0 Å². The number of rotatable bonds is 3. The van der Waals surface area contributed by atoms with E-state index in [-0.39, 0.29) is 5.82 Å². The van der Waals surface area contributed by atoms with E-state index in [4.69, 9.17) is 9.47 Å². The van der Waals surface area contributed by atoms with Crippen LogP contribution in [-0.4, -0.2) is 14.2 Å². The Morgan fingerprint density at radius 2 is 1.23 bits per heavy atom. The number of hydrogen-bond donors (Lipinski definition) is 0. The van der Waals surface area contributed by atoms with Gasteiger partial charge in [-0.15, -0.1) is 0 Å². The highest BCUT2D eigenvalue weighted by atomic mass is 19.1. The molecule has 0 saturated heterocycles. The zero-order chi connectivity index (χ0) is 18.3. The van der Waals surface area contributed by atoms with Crippen molar-refractivity contribution in [3.63, 3.8) is 0 Å². The van der Waals surface area contributed by atoms with Crippen LogP contribution in [-0.2, 0) is 7.05 Å². The molecule has 0 aliphatic carbocycles. The fourth-order valence-electron chi connectivity index (χ4n) is 3.60. The zero-order valence-electron chi connectivity index (χ0n) is 14.9. The van der Waals surface area contributed by atoms with Gasteiger partial charge in [0.25, 0.3) is 0 Å². The van der Waals surface area contributed by atoms with Crippen molar-refractivity contribution in [2.45, 2.75) is 0 Å². The van der Waals surface area contributed by atoms with Crippen LogP contribution in [0.5, 0.6) is 11.5 Å². The first-order valence-corrected chi connectivity index (χ1v) is 8.37. The minimum atomic E-state index is -0.261. The molecule has 1 aromatic heterocycles. The summed E-state index contributed by atoms with van der Waals surface area (Å²) in [5, 5.41) is 1.95. The van der Waals surface area contributed by atoms with Crippen LogP contribution in [0.2, 0.25) is 0 Å². The normalized spacial score (nSPS) is 11.1. The summed E-state index contributed by atoms with van der Waals surface area (Å²) in [5.41, 5.74) is 3.95. The van der Waals surface area contributed by atoms with Gasteiger partial charge in [-0.05, 0) is 29.8 Å². The molecular formula is C22H19FNO2+. The molecule has 4 aromatic rings. The summed E-state index contributed by atoms with van der Waals surface area (Å²) in [6, 6.07) is 18.5. The summed E-state index contributed by atoms with van der Waals surface area (Å²) in [6.07, 6.45) is 0. The van der Waals surface area contributed by atoms with Crippen LogP contribution in [0.3, 0.4) is 0 Å². The Kier molecular flexibility index (Phi) is 3.96. The molecule has 0 fully saturated rings. The fraction of sp³-hybridized carbons (Fsp3) is 0.136. The maximum Gasteiger partial charge on any atom is 0.217 e. The van der Waals surface area contributed by atoms with Crippen LogP contribution in [0, 0.1) is 5.82 Å². The van der Waals surface area contributed by atoms with Crippen molar-refractivity contribution in [2.75, 3.05) is 14.2 Å². The summed E-state index contributed by atoms with van der Waals surface area (Å²) < 4.78 is 27.0. The summed E-state index contributed by atoms with van der Waals surface area (Å²) in [4.78, 5) is 0. The molecule has 0 unspecified atom stereocenters. The van der Waals surface area contributed by atoms with Crippen LogP contribution in [0.25, 0.3) is 32.9 Å². The molecule has 0 spiro atoms. The van der Waals surface area contributed by atoms with Gasteiger partial charge in [-0.3, -0.25) is 0 Å². The molecule has 0 amide bonds. The van der Waals surface area contributed by atoms with Crippen LogP contribution in [0.4, 0.5) is 4.39 Å². The van der Waals surface area contributed by atoms with Gasteiger partial charge in [0.1, 0.15) is 24.4 Å². The molecule has 1 heterocycles. The third-order valence-corrected chi connectivity index (χ3v) is 4.80. The van der Waals surface area contributed by atoms with E-state index >= 15 is 0 Å². The number of aryl methyl sites for hydroxylation is 1. The summed E-state index contributed by atoms with van der Waals surface area (Å²) >= 11 is 0. The van der Waals surface area contributed by atoms with Crippen molar-refractivity contribution < 1.29 is 18.4 Å². The lowest BCUT2D eigenvalue weighted by atomic mass is 9.94.